The lowest BCUT2D eigenvalue weighted by molar-refractivity contribution is -0.128. The van der Waals surface area contributed by atoms with E-state index < -0.39 is 0 Å². The fourth-order valence-electron chi connectivity index (χ4n) is 2.24. The molecule has 2 rings (SSSR count). The van der Waals surface area contributed by atoms with E-state index in [-0.39, 0.29) is 6.10 Å². The molecular weight excluding hydrogens is 212 g/mol. The first-order valence-electron chi connectivity index (χ1n) is 6.37. The van der Waals surface area contributed by atoms with Crippen molar-refractivity contribution >= 4 is 5.78 Å². The van der Waals surface area contributed by atoms with Gasteiger partial charge in [0.1, 0.15) is 5.78 Å². The van der Waals surface area contributed by atoms with E-state index in [0.29, 0.717) is 31.1 Å². The molecule has 1 atom stereocenters. The summed E-state index contributed by atoms with van der Waals surface area (Å²) in [5, 5.41) is 0. The number of ether oxygens (including phenoxy) is 1. The van der Waals surface area contributed by atoms with E-state index in [0.717, 1.165) is 12.0 Å². The second-order valence-corrected chi connectivity index (χ2v) is 5.19. The van der Waals surface area contributed by atoms with Crippen LogP contribution in [0.3, 0.4) is 0 Å². The van der Waals surface area contributed by atoms with Gasteiger partial charge in [0, 0.05) is 12.8 Å². The van der Waals surface area contributed by atoms with Gasteiger partial charge in [-0.15, -0.1) is 0 Å². The standard InChI is InChI=1S/C15H20O2/c1-11(2)9-12-3-5-13(6-4-12)15-10-14(16)7-8-17-15/h3-6,11,15H,7-10H2,1-2H3. The summed E-state index contributed by atoms with van der Waals surface area (Å²) in [7, 11) is 0. The van der Waals surface area contributed by atoms with Crippen LogP contribution in [-0.2, 0) is 16.0 Å². The average molecular weight is 232 g/mol. The van der Waals surface area contributed by atoms with Gasteiger partial charge in [-0.2, -0.15) is 0 Å². The zero-order valence-electron chi connectivity index (χ0n) is 10.6. The van der Waals surface area contributed by atoms with E-state index in [4.69, 9.17) is 4.74 Å². The summed E-state index contributed by atoms with van der Waals surface area (Å²) in [5.41, 5.74) is 2.48. The van der Waals surface area contributed by atoms with Crippen molar-refractivity contribution in [2.24, 2.45) is 5.92 Å². The van der Waals surface area contributed by atoms with Crippen LogP contribution < -0.4 is 0 Å². The summed E-state index contributed by atoms with van der Waals surface area (Å²) < 4.78 is 5.63. The minimum atomic E-state index is -0.0238. The van der Waals surface area contributed by atoms with Crippen LogP contribution in [-0.4, -0.2) is 12.4 Å². The first-order chi connectivity index (χ1) is 8.15. The van der Waals surface area contributed by atoms with Gasteiger partial charge in [-0.25, -0.2) is 0 Å². The van der Waals surface area contributed by atoms with Crippen molar-refractivity contribution in [3.63, 3.8) is 0 Å². The van der Waals surface area contributed by atoms with Gasteiger partial charge in [-0.05, 0) is 23.5 Å². The van der Waals surface area contributed by atoms with Crippen LogP contribution in [0.4, 0.5) is 0 Å². The Morgan fingerprint density at radius 2 is 2.00 bits per heavy atom. The number of hydrogen-bond acceptors (Lipinski definition) is 2. The highest BCUT2D eigenvalue weighted by Gasteiger charge is 2.21. The molecule has 17 heavy (non-hydrogen) atoms. The first-order valence-corrected chi connectivity index (χ1v) is 6.37. The summed E-state index contributed by atoms with van der Waals surface area (Å²) in [6, 6.07) is 8.50. The Morgan fingerprint density at radius 1 is 1.29 bits per heavy atom. The molecule has 1 saturated heterocycles. The Hall–Kier alpha value is -1.15. The van der Waals surface area contributed by atoms with Crippen LogP contribution in [0.15, 0.2) is 24.3 Å². The van der Waals surface area contributed by atoms with Crippen LogP contribution in [0.5, 0.6) is 0 Å². The summed E-state index contributed by atoms with van der Waals surface area (Å²) in [6.07, 6.45) is 2.18. The Bertz CT molecular complexity index is 378. The molecule has 92 valence electrons. The van der Waals surface area contributed by atoms with Gasteiger partial charge < -0.3 is 4.74 Å². The number of carbonyl (C=O) groups excluding carboxylic acids is 1. The molecule has 2 nitrogen and oxygen atoms in total. The van der Waals surface area contributed by atoms with Crippen LogP contribution in [0.25, 0.3) is 0 Å². The smallest absolute Gasteiger partial charge is 0.138 e. The monoisotopic (exact) mass is 232 g/mol. The summed E-state index contributed by atoms with van der Waals surface area (Å²) in [6.45, 7) is 5.00. The van der Waals surface area contributed by atoms with Gasteiger partial charge in [-0.3, -0.25) is 4.79 Å². The number of carbonyl (C=O) groups is 1. The Kier molecular flexibility index (Phi) is 3.95. The molecule has 1 unspecified atom stereocenters. The van der Waals surface area contributed by atoms with Crippen molar-refractivity contribution < 1.29 is 9.53 Å². The number of rotatable bonds is 3. The van der Waals surface area contributed by atoms with Crippen LogP contribution in [0.2, 0.25) is 0 Å². The molecule has 1 aliphatic heterocycles. The van der Waals surface area contributed by atoms with Crippen molar-refractivity contribution in [1.82, 2.24) is 0 Å². The Labute approximate surface area is 103 Å². The molecule has 0 N–H and O–H groups in total. The third kappa shape index (κ3) is 3.40. The zero-order chi connectivity index (χ0) is 12.3. The molecule has 0 radical (unpaired) electrons. The fourth-order valence-corrected chi connectivity index (χ4v) is 2.24. The predicted molar refractivity (Wildman–Crippen MR) is 67.9 cm³/mol. The van der Waals surface area contributed by atoms with Gasteiger partial charge in [0.05, 0.1) is 12.7 Å². The molecule has 0 saturated carbocycles. The maximum Gasteiger partial charge on any atom is 0.138 e. The highest BCUT2D eigenvalue weighted by atomic mass is 16.5. The maximum absolute atomic E-state index is 11.4. The lowest BCUT2D eigenvalue weighted by Gasteiger charge is -2.22. The summed E-state index contributed by atoms with van der Waals surface area (Å²) >= 11 is 0. The largest absolute Gasteiger partial charge is 0.373 e. The molecule has 2 heteroatoms. The summed E-state index contributed by atoms with van der Waals surface area (Å²) in [4.78, 5) is 11.4. The van der Waals surface area contributed by atoms with Gasteiger partial charge in [0.15, 0.2) is 0 Å². The van der Waals surface area contributed by atoms with Gasteiger partial charge in [0.2, 0.25) is 0 Å². The van der Waals surface area contributed by atoms with E-state index in [1.165, 1.54) is 5.56 Å². The van der Waals surface area contributed by atoms with Crippen molar-refractivity contribution in [3.05, 3.63) is 35.4 Å². The third-order valence-electron chi connectivity index (χ3n) is 3.11. The predicted octanol–water partition coefficient (Wildman–Crippen LogP) is 3.31. The molecule has 0 aliphatic carbocycles. The Morgan fingerprint density at radius 3 is 2.59 bits per heavy atom. The highest BCUT2D eigenvalue weighted by molar-refractivity contribution is 5.79. The van der Waals surface area contributed by atoms with E-state index in [9.17, 15) is 4.79 Å². The minimum Gasteiger partial charge on any atom is -0.373 e. The SMILES string of the molecule is CC(C)Cc1ccc(C2CC(=O)CCO2)cc1. The molecule has 0 amide bonds. The molecule has 1 aliphatic rings. The lowest BCUT2D eigenvalue weighted by atomic mass is 9.97. The number of benzene rings is 1. The molecule has 0 bridgehead atoms. The number of hydrogen-bond donors (Lipinski definition) is 0. The van der Waals surface area contributed by atoms with E-state index in [1.807, 2.05) is 0 Å². The lowest BCUT2D eigenvalue weighted by Crippen LogP contribution is -2.19. The average Bonchev–Trinajstić information content (AvgIpc) is 2.29. The molecule has 0 spiro atoms. The van der Waals surface area contributed by atoms with Gasteiger partial charge in [0.25, 0.3) is 0 Å². The van der Waals surface area contributed by atoms with Crippen LogP contribution in [0, 0.1) is 5.92 Å². The van der Waals surface area contributed by atoms with Crippen LogP contribution in [0.1, 0.15) is 43.9 Å². The van der Waals surface area contributed by atoms with Crippen molar-refractivity contribution in [1.29, 1.82) is 0 Å². The second kappa shape index (κ2) is 5.46. The van der Waals surface area contributed by atoms with E-state index >= 15 is 0 Å². The van der Waals surface area contributed by atoms with Crippen molar-refractivity contribution in [2.45, 2.75) is 39.2 Å². The van der Waals surface area contributed by atoms with Crippen LogP contribution >= 0.6 is 0 Å². The molecule has 1 aromatic rings. The molecule has 1 fully saturated rings. The zero-order valence-corrected chi connectivity index (χ0v) is 10.6. The van der Waals surface area contributed by atoms with Gasteiger partial charge in [-0.1, -0.05) is 38.1 Å². The quantitative estimate of drug-likeness (QED) is 0.799. The number of Topliss-reactive ketones (excluding diaryl/α,β-unsaturated/α-hetero) is 1. The summed E-state index contributed by atoms with van der Waals surface area (Å²) in [5.74, 6) is 0.987. The van der Waals surface area contributed by atoms with E-state index in [1.54, 1.807) is 0 Å². The van der Waals surface area contributed by atoms with Crippen molar-refractivity contribution in [3.8, 4) is 0 Å². The molecule has 1 aromatic carbocycles. The normalized spacial score (nSPS) is 20.9. The van der Waals surface area contributed by atoms with Gasteiger partial charge >= 0.3 is 0 Å². The highest BCUT2D eigenvalue weighted by Crippen LogP contribution is 2.26. The van der Waals surface area contributed by atoms with E-state index in [2.05, 4.69) is 38.1 Å². The topological polar surface area (TPSA) is 26.3 Å². The van der Waals surface area contributed by atoms with Crippen molar-refractivity contribution in [2.75, 3.05) is 6.61 Å². The number of ketones is 1. The molecule has 1 heterocycles. The minimum absolute atomic E-state index is 0.0238. The Balaban J connectivity index is 2.04. The molecular formula is C15H20O2. The fraction of sp³-hybridized carbons (Fsp3) is 0.533. The molecule has 0 aromatic heterocycles. The first kappa shape index (κ1) is 12.3. The second-order valence-electron chi connectivity index (χ2n) is 5.19. The third-order valence-corrected chi connectivity index (χ3v) is 3.11. The maximum atomic E-state index is 11.4.